The van der Waals surface area contributed by atoms with Crippen LogP contribution in [0.25, 0.3) is 24.3 Å². The van der Waals surface area contributed by atoms with Crippen LogP contribution in [0.1, 0.15) is 27.8 Å². The van der Waals surface area contributed by atoms with Crippen LogP contribution in [-0.2, 0) is 0 Å². The van der Waals surface area contributed by atoms with Crippen LogP contribution in [0.4, 0.5) is 28.4 Å². The van der Waals surface area contributed by atoms with E-state index in [1.165, 1.54) is 0 Å². The third kappa shape index (κ3) is 7.74. The first-order valence-electron chi connectivity index (χ1n) is 18.4. The van der Waals surface area contributed by atoms with Gasteiger partial charge in [0.05, 0.1) is 17.6 Å². The third-order valence-corrected chi connectivity index (χ3v) is 9.51. The average Bonchev–Trinajstić information content (AvgIpc) is 3.94. The second-order valence-electron chi connectivity index (χ2n) is 13.2. The molecule has 0 aliphatic carbocycles. The Morgan fingerprint density at radius 2 is 0.732 bits per heavy atom. The Labute approximate surface area is 326 Å². The highest BCUT2D eigenvalue weighted by atomic mass is 16.7. The Kier molecular flexibility index (Phi) is 9.70. The van der Waals surface area contributed by atoms with Gasteiger partial charge >= 0.3 is 0 Å². The summed E-state index contributed by atoms with van der Waals surface area (Å²) in [6, 6.07) is 57.9. The largest absolute Gasteiger partial charge is 0.454 e. The summed E-state index contributed by atoms with van der Waals surface area (Å²) < 4.78 is 22.0. The summed E-state index contributed by atoms with van der Waals surface area (Å²) in [5, 5.41) is 6.86. The quantitative estimate of drug-likeness (QED) is 0.0750. The van der Waals surface area contributed by atoms with E-state index in [4.69, 9.17) is 24.0 Å². The molecule has 0 atom stereocenters. The number of nitrogens with zero attached hydrogens (tertiary/aromatic N) is 3. The Morgan fingerprint density at radius 1 is 0.357 bits per heavy atom. The first-order chi connectivity index (χ1) is 27.7. The maximum absolute atomic E-state index is 5.56. The fourth-order valence-corrected chi connectivity index (χ4v) is 6.59. The number of benzene rings is 7. The van der Waals surface area contributed by atoms with Gasteiger partial charge in [0.25, 0.3) is 0 Å². The average molecular weight is 732 g/mol. The SMILES string of the molecule is C(=C/c1ccc2c(c1)OCO2)/c1ccc(N(c2ccc(/C=C\c3ccc4c(c3)OCO4)cc2)c2ccc(/C=N/N(c3ccccc3)c3ccccc3)cc2)cc1. The third-order valence-electron chi connectivity index (χ3n) is 9.51. The van der Waals surface area contributed by atoms with Gasteiger partial charge in [0.1, 0.15) is 0 Å². The molecule has 2 aliphatic rings. The van der Waals surface area contributed by atoms with Crippen molar-refractivity contribution in [1.82, 2.24) is 0 Å². The van der Waals surface area contributed by atoms with Crippen molar-refractivity contribution >= 4 is 59.0 Å². The number of hydrazone groups is 1. The van der Waals surface area contributed by atoms with Crippen molar-refractivity contribution in [2.24, 2.45) is 5.10 Å². The zero-order chi connectivity index (χ0) is 37.5. The molecule has 56 heavy (non-hydrogen) atoms. The molecule has 7 aromatic carbocycles. The molecule has 0 radical (unpaired) electrons. The first kappa shape index (κ1) is 34.3. The highest BCUT2D eigenvalue weighted by Gasteiger charge is 2.15. The summed E-state index contributed by atoms with van der Waals surface area (Å²) in [6.45, 7) is 0.525. The van der Waals surface area contributed by atoms with Crippen LogP contribution < -0.4 is 28.9 Å². The fraction of sp³-hybridized carbons (Fsp3) is 0.0408. The minimum Gasteiger partial charge on any atom is -0.454 e. The monoisotopic (exact) mass is 731 g/mol. The van der Waals surface area contributed by atoms with E-state index in [0.29, 0.717) is 0 Å². The maximum atomic E-state index is 5.56. The number of hydrogen-bond acceptors (Lipinski definition) is 7. The van der Waals surface area contributed by atoms with Gasteiger partial charge in [-0.15, -0.1) is 0 Å². The van der Waals surface area contributed by atoms with Crippen LogP contribution in [-0.4, -0.2) is 19.8 Å². The van der Waals surface area contributed by atoms with Gasteiger partial charge in [-0.1, -0.05) is 109 Å². The van der Waals surface area contributed by atoms with Gasteiger partial charge < -0.3 is 23.8 Å². The summed E-state index contributed by atoms with van der Waals surface area (Å²) >= 11 is 0. The van der Waals surface area contributed by atoms with E-state index in [1.807, 2.05) is 84.0 Å². The number of fused-ring (bicyclic) bond motifs is 2. The molecule has 0 saturated carbocycles. The van der Waals surface area contributed by atoms with Crippen LogP contribution in [0.15, 0.2) is 175 Å². The smallest absolute Gasteiger partial charge is 0.231 e. The van der Waals surface area contributed by atoms with Gasteiger partial charge in [-0.2, -0.15) is 5.10 Å². The van der Waals surface area contributed by atoms with Crippen LogP contribution >= 0.6 is 0 Å². The van der Waals surface area contributed by atoms with Crippen molar-refractivity contribution in [2.75, 3.05) is 23.5 Å². The summed E-state index contributed by atoms with van der Waals surface area (Å²) in [5.74, 6) is 3.10. The van der Waals surface area contributed by atoms with Crippen molar-refractivity contribution in [2.45, 2.75) is 0 Å². The molecule has 0 bridgehead atoms. The van der Waals surface area contributed by atoms with Crippen LogP contribution in [0, 0.1) is 0 Å². The molecule has 272 valence electrons. The highest BCUT2D eigenvalue weighted by Crippen LogP contribution is 2.37. The van der Waals surface area contributed by atoms with Crippen LogP contribution in [0.3, 0.4) is 0 Å². The molecule has 2 heterocycles. The lowest BCUT2D eigenvalue weighted by Crippen LogP contribution is -2.10. The molecule has 2 aliphatic heterocycles. The second kappa shape index (κ2) is 15.8. The Balaban J connectivity index is 0.988. The molecule has 0 spiro atoms. The minimum atomic E-state index is 0.262. The summed E-state index contributed by atoms with van der Waals surface area (Å²) in [6.07, 6.45) is 10.3. The maximum Gasteiger partial charge on any atom is 0.231 e. The lowest BCUT2D eigenvalue weighted by atomic mass is 10.1. The molecule has 7 aromatic rings. The number of rotatable bonds is 11. The summed E-state index contributed by atoms with van der Waals surface area (Å²) in [7, 11) is 0. The van der Waals surface area contributed by atoms with Gasteiger partial charge in [0, 0.05) is 17.1 Å². The molecule has 0 amide bonds. The molecule has 0 unspecified atom stereocenters. The topological polar surface area (TPSA) is 55.8 Å². The zero-order valence-electron chi connectivity index (χ0n) is 30.4. The van der Waals surface area contributed by atoms with E-state index >= 15 is 0 Å². The zero-order valence-corrected chi connectivity index (χ0v) is 30.4. The summed E-state index contributed by atoms with van der Waals surface area (Å²) in [4.78, 5) is 2.26. The molecule has 0 saturated heterocycles. The Hall–Kier alpha value is -7.51. The number of hydrogen-bond donors (Lipinski definition) is 0. The van der Waals surface area contributed by atoms with Gasteiger partial charge in [-0.05, 0) is 113 Å². The molecular formula is C49H37N3O4. The van der Waals surface area contributed by atoms with Crippen molar-refractivity contribution in [3.8, 4) is 23.0 Å². The van der Waals surface area contributed by atoms with Gasteiger partial charge in [0.2, 0.25) is 13.6 Å². The lowest BCUT2D eigenvalue weighted by molar-refractivity contribution is 0.173. The van der Waals surface area contributed by atoms with E-state index in [2.05, 4.69) is 126 Å². The van der Waals surface area contributed by atoms with E-state index < -0.39 is 0 Å². The predicted octanol–water partition coefficient (Wildman–Crippen LogP) is 12.1. The van der Waals surface area contributed by atoms with Gasteiger partial charge in [0.15, 0.2) is 23.0 Å². The van der Waals surface area contributed by atoms with E-state index in [0.717, 1.165) is 79.3 Å². The molecule has 0 N–H and O–H groups in total. The predicted molar refractivity (Wildman–Crippen MR) is 227 cm³/mol. The summed E-state index contributed by atoms with van der Waals surface area (Å²) in [5.41, 5.74) is 10.3. The normalized spacial score (nSPS) is 12.9. The van der Waals surface area contributed by atoms with Crippen LogP contribution in [0.5, 0.6) is 23.0 Å². The molecule has 9 rings (SSSR count). The minimum absolute atomic E-state index is 0.262. The number of ether oxygens (including phenoxy) is 4. The lowest BCUT2D eigenvalue weighted by Gasteiger charge is -2.26. The standard InChI is InChI=1S/C49H37N3O4/c1-3-7-44(8-4-1)52(45-9-5-2-6-10-45)50-33-40-19-27-43(28-20-40)51(41-23-15-36(16-24-41)11-13-38-21-29-46-48(31-38)55-34-53-46)42-25-17-37(18-26-42)12-14-39-22-30-47-49(32-39)56-35-54-47/h1-33H,34-35H2/b13-11-,14-12-,50-33+. The molecule has 0 aromatic heterocycles. The van der Waals surface area contributed by atoms with Crippen molar-refractivity contribution in [3.05, 3.63) is 198 Å². The van der Waals surface area contributed by atoms with E-state index in [1.54, 1.807) is 0 Å². The van der Waals surface area contributed by atoms with Gasteiger partial charge in [-0.25, -0.2) is 5.01 Å². The van der Waals surface area contributed by atoms with Crippen molar-refractivity contribution in [1.29, 1.82) is 0 Å². The second-order valence-corrected chi connectivity index (χ2v) is 13.2. The van der Waals surface area contributed by atoms with E-state index in [9.17, 15) is 0 Å². The molecule has 7 heteroatoms. The van der Waals surface area contributed by atoms with Gasteiger partial charge in [-0.3, -0.25) is 0 Å². The highest BCUT2D eigenvalue weighted by molar-refractivity contribution is 5.85. The number of anilines is 5. The molecule has 0 fully saturated rings. The first-order valence-corrected chi connectivity index (χ1v) is 18.4. The Morgan fingerprint density at radius 3 is 1.18 bits per heavy atom. The Bertz CT molecular complexity index is 2370. The van der Waals surface area contributed by atoms with Crippen LogP contribution in [0.2, 0.25) is 0 Å². The fourth-order valence-electron chi connectivity index (χ4n) is 6.59. The molecule has 7 nitrogen and oxygen atoms in total. The molecular weight excluding hydrogens is 695 g/mol. The van der Waals surface area contributed by atoms with Crippen molar-refractivity contribution < 1.29 is 18.9 Å². The van der Waals surface area contributed by atoms with E-state index in [-0.39, 0.29) is 13.6 Å². The van der Waals surface area contributed by atoms with Crippen molar-refractivity contribution in [3.63, 3.8) is 0 Å². The number of para-hydroxylation sites is 2.